The molecule has 258 valence electrons. The van der Waals surface area contributed by atoms with E-state index in [9.17, 15) is 34.5 Å². The molecule has 4 unspecified atom stereocenters. The minimum Gasteiger partial charge on any atom is -0.508 e. The highest BCUT2D eigenvalue weighted by molar-refractivity contribution is 5.95. The maximum absolute atomic E-state index is 14.0. The van der Waals surface area contributed by atoms with Gasteiger partial charge >= 0.3 is 5.97 Å². The Morgan fingerprint density at radius 1 is 0.580 bits per heavy atom. The number of phenols is 2. The number of para-hydroxylation sites is 1. The third kappa shape index (κ3) is 9.48. The van der Waals surface area contributed by atoms with Crippen LogP contribution in [0, 0.1) is 0 Å². The molecule has 4 aromatic carbocycles. The minimum atomic E-state index is -1.35. The van der Waals surface area contributed by atoms with E-state index in [2.05, 4.69) is 20.9 Å². The second-order valence-corrected chi connectivity index (χ2v) is 12.1. The van der Waals surface area contributed by atoms with Gasteiger partial charge < -0.3 is 42.0 Å². The highest BCUT2D eigenvalue weighted by Crippen LogP contribution is 2.20. The maximum Gasteiger partial charge on any atom is 0.326 e. The molecule has 0 aliphatic rings. The third-order valence-electron chi connectivity index (χ3n) is 8.37. The minimum absolute atomic E-state index is 0.000528. The van der Waals surface area contributed by atoms with Crippen molar-refractivity contribution in [2.75, 3.05) is 0 Å². The van der Waals surface area contributed by atoms with Gasteiger partial charge in [0.1, 0.15) is 29.6 Å². The molecule has 0 spiro atoms. The first kappa shape index (κ1) is 35.2. The van der Waals surface area contributed by atoms with Crippen LogP contribution in [-0.2, 0) is 44.9 Å². The van der Waals surface area contributed by atoms with Gasteiger partial charge in [0.2, 0.25) is 17.7 Å². The van der Waals surface area contributed by atoms with Crippen molar-refractivity contribution < 1.29 is 34.5 Å². The number of fused-ring (bicyclic) bond motifs is 1. The van der Waals surface area contributed by atoms with Crippen LogP contribution in [0.3, 0.4) is 0 Å². The average Bonchev–Trinajstić information content (AvgIpc) is 3.52. The molecule has 50 heavy (non-hydrogen) atoms. The van der Waals surface area contributed by atoms with Crippen LogP contribution in [0.15, 0.2) is 109 Å². The summed E-state index contributed by atoms with van der Waals surface area (Å²) in [5, 5.41) is 38.3. The molecule has 12 heteroatoms. The van der Waals surface area contributed by atoms with Crippen molar-refractivity contribution in [2.24, 2.45) is 5.73 Å². The fourth-order valence-electron chi connectivity index (χ4n) is 5.66. The molecule has 12 nitrogen and oxygen atoms in total. The lowest BCUT2D eigenvalue weighted by molar-refractivity contribution is -0.142. The summed E-state index contributed by atoms with van der Waals surface area (Å²) in [5.41, 5.74) is 9.79. The van der Waals surface area contributed by atoms with Crippen LogP contribution < -0.4 is 21.7 Å². The Morgan fingerprint density at radius 2 is 1.06 bits per heavy atom. The van der Waals surface area contributed by atoms with E-state index < -0.39 is 47.9 Å². The van der Waals surface area contributed by atoms with E-state index in [4.69, 9.17) is 5.73 Å². The summed E-state index contributed by atoms with van der Waals surface area (Å²) in [7, 11) is 0. The number of carboxylic acids is 1. The van der Waals surface area contributed by atoms with Crippen LogP contribution in [-0.4, -0.2) is 68.2 Å². The molecule has 3 amide bonds. The number of aliphatic carboxylic acids is 1. The number of nitrogens with two attached hydrogens (primary N) is 1. The molecule has 0 fully saturated rings. The first-order chi connectivity index (χ1) is 24.0. The van der Waals surface area contributed by atoms with Gasteiger partial charge in [0.05, 0.1) is 6.04 Å². The fraction of sp³-hybridized carbons (Fsp3) is 0.211. The van der Waals surface area contributed by atoms with Crippen molar-refractivity contribution in [1.29, 1.82) is 0 Å². The molecule has 0 bridgehead atoms. The predicted molar refractivity (Wildman–Crippen MR) is 187 cm³/mol. The molecular formula is C38H39N5O7. The van der Waals surface area contributed by atoms with Crippen LogP contribution in [0.1, 0.15) is 22.3 Å². The van der Waals surface area contributed by atoms with E-state index in [1.54, 1.807) is 30.5 Å². The van der Waals surface area contributed by atoms with Crippen molar-refractivity contribution in [2.45, 2.75) is 49.9 Å². The Bertz CT molecular complexity index is 1930. The van der Waals surface area contributed by atoms with Gasteiger partial charge in [0.25, 0.3) is 0 Å². The Labute approximate surface area is 288 Å². The monoisotopic (exact) mass is 677 g/mol. The number of carboxylic acid groups (broad SMARTS) is 1. The van der Waals surface area contributed by atoms with Crippen molar-refractivity contribution in [3.63, 3.8) is 0 Å². The molecule has 0 radical (unpaired) electrons. The zero-order valence-corrected chi connectivity index (χ0v) is 27.1. The first-order valence-electron chi connectivity index (χ1n) is 16.1. The Kier molecular flexibility index (Phi) is 11.5. The molecule has 5 aromatic rings. The number of hydrogen-bond acceptors (Lipinski definition) is 7. The molecule has 0 saturated carbocycles. The van der Waals surface area contributed by atoms with Gasteiger partial charge in [0.15, 0.2) is 0 Å². The summed E-state index contributed by atoms with van der Waals surface area (Å²) in [6.07, 6.45) is 1.88. The van der Waals surface area contributed by atoms with Crippen LogP contribution in [0.5, 0.6) is 11.5 Å². The highest BCUT2D eigenvalue weighted by atomic mass is 16.4. The number of nitrogens with one attached hydrogen (secondary N) is 4. The van der Waals surface area contributed by atoms with E-state index in [-0.39, 0.29) is 37.2 Å². The second-order valence-electron chi connectivity index (χ2n) is 12.1. The van der Waals surface area contributed by atoms with Crippen LogP contribution in [0.2, 0.25) is 0 Å². The number of carbonyl (C=O) groups excluding carboxylic acids is 3. The number of aromatic amines is 1. The summed E-state index contributed by atoms with van der Waals surface area (Å²) in [4.78, 5) is 56.6. The predicted octanol–water partition coefficient (Wildman–Crippen LogP) is 2.72. The standard InChI is InChI=1S/C38H39N5O7/c39-30(18-23-6-2-1-3-7-23)35(46)41-32(19-24-10-14-27(44)15-11-24)36(47)42-33(21-26-22-40-31-9-5-4-8-29(26)31)37(48)43-34(38(49)50)20-25-12-16-28(45)17-13-25/h1-17,22,30,32-34,40,44-45H,18-21,39H2,(H,41,46)(H,42,47)(H,43,48)(H,49,50). The number of carbonyl (C=O) groups is 4. The Balaban J connectivity index is 1.40. The Morgan fingerprint density at radius 3 is 1.66 bits per heavy atom. The molecule has 5 rings (SSSR count). The largest absolute Gasteiger partial charge is 0.508 e. The molecular weight excluding hydrogens is 638 g/mol. The third-order valence-corrected chi connectivity index (χ3v) is 8.37. The number of benzene rings is 4. The molecule has 0 aliphatic heterocycles. The average molecular weight is 678 g/mol. The number of amides is 3. The molecule has 1 heterocycles. The molecule has 9 N–H and O–H groups in total. The first-order valence-corrected chi connectivity index (χ1v) is 16.1. The van der Waals surface area contributed by atoms with Crippen molar-refractivity contribution >= 4 is 34.6 Å². The highest BCUT2D eigenvalue weighted by Gasteiger charge is 2.31. The fourth-order valence-corrected chi connectivity index (χ4v) is 5.66. The van der Waals surface area contributed by atoms with Gasteiger partial charge in [-0.3, -0.25) is 14.4 Å². The van der Waals surface area contributed by atoms with E-state index in [0.717, 1.165) is 16.5 Å². The quantitative estimate of drug-likeness (QED) is 0.0825. The lowest BCUT2D eigenvalue weighted by atomic mass is 10.00. The lowest BCUT2D eigenvalue weighted by Crippen LogP contribution is -2.58. The van der Waals surface area contributed by atoms with E-state index in [1.165, 1.54) is 24.3 Å². The normalized spacial score (nSPS) is 13.5. The SMILES string of the molecule is NC(Cc1ccccc1)C(=O)NC(Cc1ccc(O)cc1)C(=O)NC(Cc1c[nH]c2ccccc12)C(=O)NC(Cc1ccc(O)cc1)C(=O)O. The van der Waals surface area contributed by atoms with Gasteiger partial charge in [-0.25, -0.2) is 4.79 Å². The number of rotatable bonds is 15. The van der Waals surface area contributed by atoms with Crippen molar-refractivity contribution in [1.82, 2.24) is 20.9 Å². The lowest BCUT2D eigenvalue weighted by Gasteiger charge is -2.25. The van der Waals surface area contributed by atoms with Gasteiger partial charge in [-0.2, -0.15) is 0 Å². The van der Waals surface area contributed by atoms with Crippen LogP contribution in [0.4, 0.5) is 0 Å². The number of hydrogen-bond donors (Lipinski definition) is 8. The molecule has 0 aliphatic carbocycles. The zero-order chi connectivity index (χ0) is 35.6. The summed E-state index contributed by atoms with van der Waals surface area (Å²) in [6, 6.07) is 24.0. The van der Waals surface area contributed by atoms with Crippen molar-refractivity contribution in [3.05, 3.63) is 132 Å². The number of aromatic nitrogens is 1. The van der Waals surface area contributed by atoms with Crippen LogP contribution >= 0.6 is 0 Å². The zero-order valence-electron chi connectivity index (χ0n) is 27.1. The summed E-state index contributed by atoms with van der Waals surface area (Å²) in [6.45, 7) is 0. The van der Waals surface area contributed by atoms with Crippen molar-refractivity contribution in [3.8, 4) is 11.5 Å². The molecule has 1 aromatic heterocycles. The van der Waals surface area contributed by atoms with E-state index >= 15 is 0 Å². The summed E-state index contributed by atoms with van der Waals surface area (Å²) < 4.78 is 0. The van der Waals surface area contributed by atoms with E-state index in [1.807, 2.05) is 54.6 Å². The van der Waals surface area contributed by atoms with E-state index in [0.29, 0.717) is 16.7 Å². The smallest absolute Gasteiger partial charge is 0.326 e. The molecule has 0 saturated heterocycles. The summed E-state index contributed by atoms with van der Waals surface area (Å²) >= 11 is 0. The topological polar surface area (TPSA) is 207 Å². The van der Waals surface area contributed by atoms with Gasteiger partial charge in [0, 0.05) is 36.4 Å². The second kappa shape index (κ2) is 16.3. The number of aromatic hydroxyl groups is 2. The van der Waals surface area contributed by atoms with Gasteiger partial charge in [-0.05, 0) is 59.0 Å². The number of H-pyrrole nitrogens is 1. The van der Waals surface area contributed by atoms with Crippen LogP contribution in [0.25, 0.3) is 10.9 Å². The van der Waals surface area contributed by atoms with Gasteiger partial charge in [-0.1, -0.05) is 72.8 Å². The maximum atomic E-state index is 14.0. The summed E-state index contributed by atoms with van der Waals surface area (Å²) in [5.74, 6) is -3.26. The molecule has 4 atom stereocenters. The Hall–Kier alpha value is -6.14. The number of phenolic OH excluding ortho intramolecular Hbond substituents is 2. The van der Waals surface area contributed by atoms with Gasteiger partial charge in [-0.15, -0.1) is 0 Å².